The summed E-state index contributed by atoms with van der Waals surface area (Å²) in [5, 5.41) is 0. The molecule has 1 aromatic heterocycles. The van der Waals surface area contributed by atoms with Crippen LogP contribution < -0.4 is 5.76 Å². The smallest absolute Gasteiger partial charge is 0.408 e. The van der Waals surface area contributed by atoms with Crippen molar-refractivity contribution in [3.63, 3.8) is 0 Å². The van der Waals surface area contributed by atoms with E-state index in [-0.39, 0.29) is 0 Å². The van der Waals surface area contributed by atoms with E-state index >= 15 is 0 Å². The lowest BCUT2D eigenvalue weighted by Gasteiger charge is -2.01. The van der Waals surface area contributed by atoms with Crippen LogP contribution in [0.25, 0.3) is 11.1 Å². The Kier molecular flexibility index (Phi) is 2.49. The molecule has 0 fully saturated rings. The summed E-state index contributed by atoms with van der Waals surface area (Å²) in [4.78, 5) is 16.0. The van der Waals surface area contributed by atoms with Crippen LogP contribution in [-0.2, 0) is 0 Å². The van der Waals surface area contributed by atoms with Crippen LogP contribution in [0.2, 0.25) is 0 Å². The third kappa shape index (κ3) is 1.99. The summed E-state index contributed by atoms with van der Waals surface area (Å²) in [6.45, 7) is 0. The standard InChI is InChI=1S/C13H9NO2S/c15-13-14-12-10(16-13)7-4-8-11(12)17-9-5-2-1-3-6-9/h1-8H,(H,14,15). The van der Waals surface area contributed by atoms with Gasteiger partial charge in [0.2, 0.25) is 0 Å². The zero-order chi connectivity index (χ0) is 11.7. The molecule has 3 rings (SSSR count). The minimum atomic E-state index is -0.416. The minimum absolute atomic E-state index is 0.416. The average Bonchev–Trinajstić information content (AvgIpc) is 2.72. The molecule has 4 heteroatoms. The molecule has 1 N–H and O–H groups in total. The monoisotopic (exact) mass is 243 g/mol. The van der Waals surface area contributed by atoms with Gasteiger partial charge in [-0.1, -0.05) is 36.0 Å². The molecule has 0 spiro atoms. The van der Waals surface area contributed by atoms with Crippen molar-refractivity contribution < 1.29 is 4.42 Å². The lowest BCUT2D eigenvalue weighted by molar-refractivity contribution is 0.555. The maximum absolute atomic E-state index is 11.2. The summed E-state index contributed by atoms with van der Waals surface area (Å²) in [5.74, 6) is -0.416. The molecule has 0 saturated carbocycles. The molecule has 3 nitrogen and oxygen atoms in total. The number of rotatable bonds is 2. The Labute approximate surface area is 101 Å². The van der Waals surface area contributed by atoms with Crippen molar-refractivity contribution in [1.29, 1.82) is 0 Å². The van der Waals surface area contributed by atoms with E-state index < -0.39 is 5.76 Å². The molecule has 0 aliphatic carbocycles. The van der Waals surface area contributed by atoms with Gasteiger partial charge in [0.05, 0.1) is 0 Å². The highest BCUT2D eigenvalue weighted by Crippen LogP contribution is 2.31. The maximum atomic E-state index is 11.2. The van der Waals surface area contributed by atoms with E-state index in [1.54, 1.807) is 17.8 Å². The van der Waals surface area contributed by atoms with Crippen LogP contribution in [0.1, 0.15) is 0 Å². The van der Waals surface area contributed by atoms with E-state index in [0.29, 0.717) is 5.58 Å². The SMILES string of the molecule is O=c1[nH]c2c(Sc3ccccc3)cccc2o1. The van der Waals surface area contributed by atoms with Crippen molar-refractivity contribution in [3.05, 3.63) is 59.1 Å². The van der Waals surface area contributed by atoms with Crippen LogP contribution in [0, 0.1) is 0 Å². The van der Waals surface area contributed by atoms with Gasteiger partial charge in [-0.25, -0.2) is 4.79 Å². The number of H-pyrrole nitrogens is 1. The van der Waals surface area contributed by atoms with Crippen LogP contribution in [0.5, 0.6) is 0 Å². The van der Waals surface area contributed by atoms with Gasteiger partial charge in [-0.2, -0.15) is 0 Å². The Hall–Kier alpha value is -1.94. The molecule has 17 heavy (non-hydrogen) atoms. The molecule has 0 saturated heterocycles. The Morgan fingerprint density at radius 3 is 2.65 bits per heavy atom. The summed E-state index contributed by atoms with van der Waals surface area (Å²) < 4.78 is 5.02. The number of aromatic amines is 1. The van der Waals surface area contributed by atoms with Crippen LogP contribution >= 0.6 is 11.8 Å². The van der Waals surface area contributed by atoms with Gasteiger partial charge in [0.15, 0.2) is 5.58 Å². The normalized spacial score (nSPS) is 10.8. The molecular weight excluding hydrogens is 234 g/mol. The number of oxazole rings is 1. The number of hydrogen-bond acceptors (Lipinski definition) is 3. The minimum Gasteiger partial charge on any atom is -0.408 e. The summed E-state index contributed by atoms with van der Waals surface area (Å²) in [5.41, 5.74) is 1.35. The maximum Gasteiger partial charge on any atom is 0.417 e. The first-order chi connectivity index (χ1) is 8.33. The van der Waals surface area contributed by atoms with Crippen LogP contribution in [0.4, 0.5) is 0 Å². The average molecular weight is 243 g/mol. The van der Waals surface area contributed by atoms with E-state index in [4.69, 9.17) is 4.42 Å². The molecule has 0 bridgehead atoms. The lowest BCUT2D eigenvalue weighted by atomic mass is 10.3. The summed E-state index contributed by atoms with van der Waals surface area (Å²) in [7, 11) is 0. The fraction of sp³-hybridized carbons (Fsp3) is 0. The Morgan fingerprint density at radius 1 is 1.00 bits per heavy atom. The predicted molar refractivity (Wildman–Crippen MR) is 67.4 cm³/mol. The Bertz CT molecular complexity index is 700. The number of para-hydroxylation sites is 1. The largest absolute Gasteiger partial charge is 0.417 e. The van der Waals surface area contributed by atoms with Crippen molar-refractivity contribution in [2.75, 3.05) is 0 Å². The molecule has 1 heterocycles. The molecule has 0 atom stereocenters. The molecule has 0 unspecified atom stereocenters. The second kappa shape index (κ2) is 4.14. The van der Waals surface area contributed by atoms with Gasteiger partial charge in [0.25, 0.3) is 0 Å². The van der Waals surface area contributed by atoms with Crippen LogP contribution in [0.15, 0.2) is 67.5 Å². The summed E-state index contributed by atoms with van der Waals surface area (Å²) in [6, 6.07) is 15.6. The molecule has 0 aliphatic rings. The van der Waals surface area contributed by atoms with E-state index in [9.17, 15) is 4.79 Å². The first kappa shape index (κ1) is 10.2. The zero-order valence-corrected chi connectivity index (χ0v) is 9.66. The zero-order valence-electron chi connectivity index (χ0n) is 8.84. The molecular formula is C13H9NO2S. The highest BCUT2D eigenvalue weighted by Gasteiger charge is 2.07. The quantitative estimate of drug-likeness (QED) is 0.751. The number of benzene rings is 2. The Morgan fingerprint density at radius 2 is 1.82 bits per heavy atom. The molecule has 2 aromatic carbocycles. The van der Waals surface area contributed by atoms with Gasteiger partial charge in [-0.05, 0) is 24.3 Å². The number of nitrogens with one attached hydrogen (secondary N) is 1. The second-order valence-electron chi connectivity index (χ2n) is 3.56. The van der Waals surface area contributed by atoms with Crippen molar-refractivity contribution in [1.82, 2.24) is 4.98 Å². The highest BCUT2D eigenvalue weighted by atomic mass is 32.2. The van der Waals surface area contributed by atoms with Crippen LogP contribution in [0.3, 0.4) is 0 Å². The Balaban J connectivity index is 2.09. The predicted octanol–water partition coefficient (Wildman–Crippen LogP) is 3.27. The molecule has 84 valence electrons. The van der Waals surface area contributed by atoms with E-state index in [0.717, 1.165) is 15.3 Å². The van der Waals surface area contributed by atoms with E-state index in [1.165, 1.54) is 0 Å². The van der Waals surface area contributed by atoms with E-state index in [1.807, 2.05) is 42.5 Å². The molecule has 3 aromatic rings. The van der Waals surface area contributed by atoms with Crippen molar-refractivity contribution in [2.45, 2.75) is 9.79 Å². The summed E-state index contributed by atoms with van der Waals surface area (Å²) in [6.07, 6.45) is 0. The van der Waals surface area contributed by atoms with Gasteiger partial charge in [-0.15, -0.1) is 0 Å². The van der Waals surface area contributed by atoms with Gasteiger partial charge in [0, 0.05) is 9.79 Å². The molecule has 0 aliphatic heterocycles. The first-order valence-corrected chi connectivity index (χ1v) is 5.99. The second-order valence-corrected chi connectivity index (χ2v) is 4.67. The third-order valence-corrected chi connectivity index (χ3v) is 3.46. The first-order valence-electron chi connectivity index (χ1n) is 5.18. The molecule has 0 radical (unpaired) electrons. The lowest BCUT2D eigenvalue weighted by Crippen LogP contribution is -1.93. The number of hydrogen-bond donors (Lipinski definition) is 1. The third-order valence-electron chi connectivity index (χ3n) is 2.39. The van der Waals surface area contributed by atoms with Crippen molar-refractivity contribution >= 4 is 22.9 Å². The van der Waals surface area contributed by atoms with E-state index in [2.05, 4.69) is 4.98 Å². The molecule has 0 amide bonds. The fourth-order valence-corrected chi connectivity index (χ4v) is 2.59. The van der Waals surface area contributed by atoms with Crippen molar-refractivity contribution in [3.8, 4) is 0 Å². The van der Waals surface area contributed by atoms with Gasteiger partial charge >= 0.3 is 5.76 Å². The summed E-state index contributed by atoms with van der Waals surface area (Å²) >= 11 is 1.60. The van der Waals surface area contributed by atoms with Gasteiger partial charge in [-0.3, -0.25) is 4.98 Å². The topological polar surface area (TPSA) is 46.0 Å². The van der Waals surface area contributed by atoms with Crippen molar-refractivity contribution in [2.24, 2.45) is 0 Å². The van der Waals surface area contributed by atoms with Gasteiger partial charge < -0.3 is 4.42 Å². The van der Waals surface area contributed by atoms with Gasteiger partial charge in [0.1, 0.15) is 5.52 Å². The number of aromatic nitrogens is 1. The fourth-order valence-electron chi connectivity index (χ4n) is 1.65. The highest BCUT2D eigenvalue weighted by molar-refractivity contribution is 7.99. The van der Waals surface area contributed by atoms with Crippen LogP contribution in [-0.4, -0.2) is 4.98 Å². The number of fused-ring (bicyclic) bond motifs is 1.